The average Bonchev–Trinajstić information content (AvgIpc) is 2.60. The molecule has 1 rings (SSSR count). The standard InChI is InChI=1S/C10H11N3O2/c1-7-5-13(6-12-7)8(2)4-11-9(3)10(14)15/h4-6H,2-3H2,1H3,(H,14,15). The number of aromatic nitrogens is 2. The van der Waals surface area contributed by atoms with E-state index in [1.165, 1.54) is 6.21 Å². The highest BCUT2D eigenvalue weighted by Gasteiger charge is 2.00. The minimum absolute atomic E-state index is 0.229. The van der Waals surface area contributed by atoms with Gasteiger partial charge >= 0.3 is 5.97 Å². The number of carboxylic acids is 1. The van der Waals surface area contributed by atoms with Crippen molar-refractivity contribution in [2.24, 2.45) is 4.99 Å². The van der Waals surface area contributed by atoms with E-state index in [2.05, 4.69) is 23.1 Å². The Labute approximate surface area is 87.1 Å². The van der Waals surface area contributed by atoms with Crippen molar-refractivity contribution in [1.82, 2.24) is 9.55 Å². The SMILES string of the molecule is C=C(N=CC(=C)n1cnc(C)c1)C(=O)O. The molecule has 1 aromatic heterocycles. The third kappa shape index (κ3) is 2.91. The lowest BCUT2D eigenvalue weighted by Crippen LogP contribution is -1.98. The third-order valence-corrected chi connectivity index (χ3v) is 1.66. The number of aliphatic carboxylic acids is 1. The lowest BCUT2D eigenvalue weighted by atomic mass is 10.4. The number of aryl methyl sites for hydroxylation is 1. The molecule has 0 bridgehead atoms. The molecule has 0 spiro atoms. The van der Waals surface area contributed by atoms with Gasteiger partial charge in [0.2, 0.25) is 0 Å². The van der Waals surface area contributed by atoms with Crippen LogP contribution in [0, 0.1) is 6.92 Å². The van der Waals surface area contributed by atoms with Crippen molar-refractivity contribution in [2.75, 3.05) is 0 Å². The molecule has 0 saturated heterocycles. The Balaban J connectivity index is 2.72. The summed E-state index contributed by atoms with van der Waals surface area (Å²) in [5.74, 6) is -1.15. The van der Waals surface area contributed by atoms with Gasteiger partial charge in [0.1, 0.15) is 5.70 Å². The first-order valence-corrected chi connectivity index (χ1v) is 4.17. The van der Waals surface area contributed by atoms with Crippen LogP contribution in [0.25, 0.3) is 5.70 Å². The number of rotatable bonds is 4. The molecule has 0 aliphatic carbocycles. The molecule has 1 heterocycles. The van der Waals surface area contributed by atoms with E-state index < -0.39 is 5.97 Å². The molecule has 0 atom stereocenters. The Morgan fingerprint density at radius 1 is 1.67 bits per heavy atom. The number of hydrogen-bond acceptors (Lipinski definition) is 3. The van der Waals surface area contributed by atoms with Gasteiger partial charge < -0.3 is 9.67 Å². The summed E-state index contributed by atoms with van der Waals surface area (Å²) in [4.78, 5) is 18.0. The lowest BCUT2D eigenvalue weighted by Gasteiger charge is -1.98. The first-order valence-electron chi connectivity index (χ1n) is 4.17. The predicted octanol–water partition coefficient (Wildman–Crippen LogP) is 1.33. The Hall–Kier alpha value is -2.17. The van der Waals surface area contributed by atoms with Crippen LogP contribution in [0.4, 0.5) is 0 Å². The van der Waals surface area contributed by atoms with Crippen molar-refractivity contribution in [1.29, 1.82) is 0 Å². The van der Waals surface area contributed by atoms with Crippen molar-refractivity contribution in [3.63, 3.8) is 0 Å². The molecule has 0 saturated carbocycles. The van der Waals surface area contributed by atoms with E-state index in [1.807, 2.05) is 6.92 Å². The normalized spacial score (nSPS) is 10.5. The maximum Gasteiger partial charge on any atom is 0.353 e. The molecule has 0 unspecified atom stereocenters. The molecular weight excluding hydrogens is 194 g/mol. The van der Waals surface area contributed by atoms with Gasteiger partial charge in [-0.05, 0) is 6.92 Å². The fraction of sp³-hybridized carbons (Fsp3) is 0.100. The highest BCUT2D eigenvalue weighted by atomic mass is 16.4. The molecule has 0 radical (unpaired) electrons. The fourth-order valence-electron chi connectivity index (χ4n) is 0.853. The highest BCUT2D eigenvalue weighted by Crippen LogP contribution is 2.02. The summed E-state index contributed by atoms with van der Waals surface area (Å²) in [6, 6.07) is 0. The monoisotopic (exact) mass is 205 g/mol. The summed E-state index contributed by atoms with van der Waals surface area (Å²) < 4.78 is 1.65. The molecule has 0 fully saturated rings. The van der Waals surface area contributed by atoms with Gasteiger partial charge in [-0.15, -0.1) is 0 Å². The third-order valence-electron chi connectivity index (χ3n) is 1.66. The minimum atomic E-state index is -1.15. The summed E-state index contributed by atoms with van der Waals surface area (Å²) in [6.07, 6.45) is 4.67. The smallest absolute Gasteiger partial charge is 0.353 e. The Bertz CT molecular complexity index is 443. The summed E-state index contributed by atoms with van der Waals surface area (Å²) in [6.45, 7) is 8.82. The maximum absolute atomic E-state index is 10.4. The Morgan fingerprint density at radius 3 is 2.80 bits per heavy atom. The van der Waals surface area contributed by atoms with Gasteiger partial charge in [0.15, 0.2) is 0 Å². The number of nitrogens with zero attached hydrogens (tertiary/aromatic N) is 3. The summed E-state index contributed by atoms with van der Waals surface area (Å²) in [5, 5.41) is 8.51. The molecule has 0 aromatic carbocycles. The Morgan fingerprint density at radius 2 is 2.33 bits per heavy atom. The zero-order valence-electron chi connectivity index (χ0n) is 8.34. The van der Waals surface area contributed by atoms with Crippen LogP contribution in [0.1, 0.15) is 5.69 Å². The number of hydrogen-bond donors (Lipinski definition) is 1. The number of carbonyl (C=O) groups is 1. The van der Waals surface area contributed by atoms with Gasteiger partial charge in [0, 0.05) is 6.20 Å². The topological polar surface area (TPSA) is 67.5 Å². The quantitative estimate of drug-likeness (QED) is 0.595. The first kappa shape index (κ1) is 10.9. The second kappa shape index (κ2) is 4.36. The second-order valence-electron chi connectivity index (χ2n) is 2.92. The molecule has 78 valence electrons. The first-order chi connectivity index (χ1) is 7.00. The van der Waals surface area contributed by atoms with Gasteiger partial charge in [-0.3, -0.25) is 0 Å². The van der Waals surface area contributed by atoms with Crippen LogP contribution in [0.3, 0.4) is 0 Å². The van der Waals surface area contributed by atoms with E-state index in [0.29, 0.717) is 5.70 Å². The molecule has 5 heteroatoms. The number of carboxylic acid groups (broad SMARTS) is 1. The van der Waals surface area contributed by atoms with Crippen molar-refractivity contribution in [3.05, 3.63) is 37.1 Å². The van der Waals surface area contributed by atoms with Gasteiger partial charge in [0.05, 0.1) is 23.9 Å². The van der Waals surface area contributed by atoms with Crippen molar-refractivity contribution in [3.8, 4) is 0 Å². The average molecular weight is 205 g/mol. The number of allylic oxidation sites excluding steroid dienone is 1. The molecule has 0 amide bonds. The lowest BCUT2D eigenvalue weighted by molar-refractivity contribution is -0.132. The van der Waals surface area contributed by atoms with E-state index >= 15 is 0 Å². The van der Waals surface area contributed by atoms with E-state index in [0.717, 1.165) is 5.69 Å². The van der Waals surface area contributed by atoms with Crippen LogP contribution in [0.5, 0.6) is 0 Å². The van der Waals surface area contributed by atoms with Crippen LogP contribution in [0.2, 0.25) is 0 Å². The summed E-state index contributed by atoms with van der Waals surface area (Å²) in [7, 11) is 0. The second-order valence-corrected chi connectivity index (χ2v) is 2.92. The zero-order valence-corrected chi connectivity index (χ0v) is 8.34. The van der Waals surface area contributed by atoms with Crippen LogP contribution >= 0.6 is 0 Å². The van der Waals surface area contributed by atoms with Crippen molar-refractivity contribution < 1.29 is 9.90 Å². The van der Waals surface area contributed by atoms with Crippen LogP contribution < -0.4 is 0 Å². The number of imidazole rings is 1. The van der Waals surface area contributed by atoms with E-state index in [-0.39, 0.29) is 5.70 Å². The molecule has 1 aromatic rings. The van der Waals surface area contributed by atoms with Crippen LogP contribution in [0.15, 0.2) is 36.4 Å². The largest absolute Gasteiger partial charge is 0.477 e. The zero-order chi connectivity index (χ0) is 11.4. The van der Waals surface area contributed by atoms with Crippen LogP contribution in [-0.2, 0) is 4.79 Å². The maximum atomic E-state index is 10.4. The fourth-order valence-corrected chi connectivity index (χ4v) is 0.853. The number of aliphatic imine (C=N–C) groups is 1. The molecule has 1 N–H and O–H groups in total. The van der Waals surface area contributed by atoms with Crippen molar-refractivity contribution >= 4 is 17.9 Å². The minimum Gasteiger partial charge on any atom is -0.477 e. The molecule has 15 heavy (non-hydrogen) atoms. The highest BCUT2D eigenvalue weighted by molar-refractivity contribution is 6.03. The van der Waals surface area contributed by atoms with Gasteiger partial charge in [-0.2, -0.15) is 0 Å². The van der Waals surface area contributed by atoms with Gasteiger partial charge in [0.25, 0.3) is 0 Å². The molecule has 0 aliphatic heterocycles. The van der Waals surface area contributed by atoms with E-state index in [1.54, 1.807) is 17.1 Å². The van der Waals surface area contributed by atoms with Gasteiger partial charge in [-0.1, -0.05) is 13.2 Å². The molecule has 5 nitrogen and oxygen atoms in total. The summed E-state index contributed by atoms with van der Waals surface area (Å²) in [5.41, 5.74) is 1.15. The van der Waals surface area contributed by atoms with Crippen LogP contribution in [-0.4, -0.2) is 26.8 Å². The molecule has 0 aliphatic rings. The van der Waals surface area contributed by atoms with Gasteiger partial charge in [-0.25, -0.2) is 14.8 Å². The van der Waals surface area contributed by atoms with E-state index in [9.17, 15) is 4.79 Å². The molecular formula is C10H11N3O2. The predicted molar refractivity (Wildman–Crippen MR) is 57.6 cm³/mol. The Kier molecular flexibility index (Phi) is 3.17. The summed E-state index contributed by atoms with van der Waals surface area (Å²) >= 11 is 0. The van der Waals surface area contributed by atoms with E-state index in [4.69, 9.17) is 5.11 Å². The van der Waals surface area contributed by atoms with Crippen molar-refractivity contribution in [2.45, 2.75) is 6.92 Å².